The molecule has 78 valence electrons. The van der Waals surface area contributed by atoms with Gasteiger partial charge in [-0.2, -0.15) is 0 Å². The van der Waals surface area contributed by atoms with Crippen LogP contribution in [-0.4, -0.2) is 21.7 Å². The first kappa shape index (κ1) is 11.3. The van der Waals surface area contributed by atoms with Gasteiger partial charge in [-0.1, -0.05) is 11.6 Å². The lowest BCUT2D eigenvalue weighted by Gasteiger charge is -2.27. The van der Waals surface area contributed by atoms with Gasteiger partial charge in [0.1, 0.15) is 5.15 Å². The van der Waals surface area contributed by atoms with Gasteiger partial charge in [0.25, 0.3) is 0 Å². The van der Waals surface area contributed by atoms with E-state index in [2.05, 4.69) is 10.3 Å². The zero-order chi connectivity index (χ0) is 10.8. The van der Waals surface area contributed by atoms with E-state index >= 15 is 0 Å². The van der Waals surface area contributed by atoms with Gasteiger partial charge >= 0.3 is 0 Å². The topological polar surface area (TPSA) is 45.2 Å². The van der Waals surface area contributed by atoms with Gasteiger partial charge in [-0.25, -0.2) is 4.98 Å². The molecule has 1 rings (SSSR count). The molecule has 0 aliphatic rings. The maximum absolute atomic E-state index is 9.71. The number of pyridine rings is 1. The molecule has 0 amide bonds. The Morgan fingerprint density at radius 2 is 2.21 bits per heavy atom. The van der Waals surface area contributed by atoms with E-state index in [4.69, 9.17) is 11.6 Å². The maximum atomic E-state index is 9.71. The molecule has 1 aromatic rings. The smallest absolute Gasteiger partial charge is 0.131 e. The Morgan fingerprint density at radius 3 is 2.71 bits per heavy atom. The van der Waals surface area contributed by atoms with Crippen LogP contribution in [0.2, 0.25) is 5.15 Å². The van der Waals surface area contributed by atoms with Crippen molar-refractivity contribution in [2.24, 2.45) is 0 Å². The zero-order valence-corrected chi connectivity index (χ0v) is 9.34. The largest absolute Gasteiger partial charge is 0.388 e. The lowest BCUT2D eigenvalue weighted by Crippen LogP contribution is -2.39. The molecular weight excluding hydrogens is 200 g/mol. The van der Waals surface area contributed by atoms with Crippen LogP contribution in [0.3, 0.4) is 0 Å². The van der Waals surface area contributed by atoms with E-state index in [0.29, 0.717) is 5.15 Å². The molecule has 14 heavy (non-hydrogen) atoms. The minimum Gasteiger partial charge on any atom is -0.388 e. The molecule has 0 radical (unpaired) electrons. The predicted octanol–water partition coefficient (Wildman–Crippen LogP) is 2.31. The molecule has 1 atom stereocenters. The normalized spacial score (nSPS) is 13.8. The highest BCUT2D eigenvalue weighted by molar-refractivity contribution is 6.29. The summed E-state index contributed by atoms with van der Waals surface area (Å²) in [5.74, 6) is 0. The number of nitrogens with one attached hydrogen (secondary N) is 1. The molecule has 1 heterocycles. The number of nitrogens with zero attached hydrogens (tertiary/aromatic N) is 1. The summed E-state index contributed by atoms with van der Waals surface area (Å²) in [6, 6.07) is 3.48. The van der Waals surface area contributed by atoms with Crippen LogP contribution < -0.4 is 5.32 Å². The van der Waals surface area contributed by atoms with Crippen LogP contribution in [0.4, 0.5) is 5.69 Å². The average molecular weight is 215 g/mol. The lowest BCUT2D eigenvalue weighted by molar-refractivity contribution is 0.0649. The van der Waals surface area contributed by atoms with Crippen LogP contribution in [0, 0.1) is 0 Å². The van der Waals surface area contributed by atoms with Gasteiger partial charge in [-0.15, -0.1) is 0 Å². The fourth-order valence-electron chi connectivity index (χ4n) is 0.919. The quantitative estimate of drug-likeness (QED) is 0.759. The van der Waals surface area contributed by atoms with Crippen molar-refractivity contribution < 1.29 is 5.11 Å². The number of aromatic nitrogens is 1. The van der Waals surface area contributed by atoms with Crippen LogP contribution >= 0.6 is 11.6 Å². The molecule has 0 saturated heterocycles. The third kappa shape index (κ3) is 3.16. The summed E-state index contributed by atoms with van der Waals surface area (Å²) in [5, 5.41) is 13.3. The standard InChI is InChI=1S/C10H15ClN2O/c1-7(10(2,3)14)13-8-4-5-12-9(11)6-8/h4-7,14H,1-3H3,(H,12,13). The summed E-state index contributed by atoms with van der Waals surface area (Å²) in [6.07, 6.45) is 1.63. The van der Waals surface area contributed by atoms with E-state index in [0.717, 1.165) is 5.69 Å². The van der Waals surface area contributed by atoms with Gasteiger partial charge in [-0.3, -0.25) is 0 Å². The Morgan fingerprint density at radius 1 is 1.57 bits per heavy atom. The minimum absolute atomic E-state index is 0.0547. The lowest BCUT2D eigenvalue weighted by atomic mass is 10.0. The van der Waals surface area contributed by atoms with Crippen molar-refractivity contribution in [2.75, 3.05) is 5.32 Å². The Balaban J connectivity index is 2.70. The van der Waals surface area contributed by atoms with Crippen molar-refractivity contribution in [3.8, 4) is 0 Å². The number of halogens is 1. The molecule has 1 aromatic heterocycles. The third-order valence-electron chi connectivity index (χ3n) is 2.17. The van der Waals surface area contributed by atoms with Crippen molar-refractivity contribution in [2.45, 2.75) is 32.4 Å². The molecule has 2 N–H and O–H groups in total. The third-order valence-corrected chi connectivity index (χ3v) is 2.38. The van der Waals surface area contributed by atoms with Crippen LogP contribution in [0.1, 0.15) is 20.8 Å². The number of rotatable bonds is 3. The van der Waals surface area contributed by atoms with Crippen LogP contribution in [0.25, 0.3) is 0 Å². The summed E-state index contributed by atoms with van der Waals surface area (Å²) >= 11 is 5.73. The fraction of sp³-hybridized carbons (Fsp3) is 0.500. The highest BCUT2D eigenvalue weighted by Crippen LogP contribution is 2.17. The first-order chi connectivity index (χ1) is 6.39. The summed E-state index contributed by atoms with van der Waals surface area (Å²) in [6.45, 7) is 5.43. The Hall–Kier alpha value is -0.800. The SMILES string of the molecule is CC(Nc1ccnc(Cl)c1)C(C)(C)O. The van der Waals surface area contributed by atoms with Gasteiger partial charge in [-0.05, 0) is 32.9 Å². The summed E-state index contributed by atoms with van der Waals surface area (Å²) < 4.78 is 0. The zero-order valence-electron chi connectivity index (χ0n) is 8.58. The van der Waals surface area contributed by atoms with Crippen molar-refractivity contribution in [3.05, 3.63) is 23.5 Å². The average Bonchev–Trinajstić information content (AvgIpc) is 2.02. The van der Waals surface area contributed by atoms with Gasteiger partial charge in [0, 0.05) is 11.9 Å². The summed E-state index contributed by atoms with van der Waals surface area (Å²) in [5.41, 5.74) is 0.0927. The highest BCUT2D eigenvalue weighted by atomic mass is 35.5. The molecule has 1 unspecified atom stereocenters. The van der Waals surface area contributed by atoms with Gasteiger partial charge in [0.2, 0.25) is 0 Å². The molecule has 0 spiro atoms. The Kier molecular flexibility index (Phi) is 3.34. The van der Waals surface area contributed by atoms with Gasteiger partial charge < -0.3 is 10.4 Å². The number of hydrogen-bond acceptors (Lipinski definition) is 3. The molecule has 4 heteroatoms. The van der Waals surface area contributed by atoms with Gasteiger partial charge in [0.15, 0.2) is 0 Å². The van der Waals surface area contributed by atoms with E-state index in [9.17, 15) is 5.11 Å². The van der Waals surface area contributed by atoms with Gasteiger partial charge in [0.05, 0.1) is 11.6 Å². The van der Waals surface area contributed by atoms with Crippen LogP contribution in [0.5, 0.6) is 0 Å². The fourth-order valence-corrected chi connectivity index (χ4v) is 1.09. The second kappa shape index (κ2) is 4.15. The second-order valence-electron chi connectivity index (χ2n) is 3.89. The van der Waals surface area contributed by atoms with E-state index in [1.807, 2.05) is 13.0 Å². The second-order valence-corrected chi connectivity index (χ2v) is 4.27. The van der Waals surface area contributed by atoms with E-state index in [-0.39, 0.29) is 6.04 Å². The Bertz CT molecular complexity index is 309. The molecule has 0 aliphatic heterocycles. The van der Waals surface area contributed by atoms with E-state index in [1.165, 1.54) is 0 Å². The van der Waals surface area contributed by atoms with Crippen molar-refractivity contribution >= 4 is 17.3 Å². The highest BCUT2D eigenvalue weighted by Gasteiger charge is 2.21. The first-order valence-corrected chi connectivity index (χ1v) is 4.88. The van der Waals surface area contributed by atoms with Crippen molar-refractivity contribution in [1.29, 1.82) is 0 Å². The number of hydrogen-bond donors (Lipinski definition) is 2. The summed E-state index contributed by atoms with van der Waals surface area (Å²) in [7, 11) is 0. The monoisotopic (exact) mass is 214 g/mol. The molecule has 3 nitrogen and oxygen atoms in total. The Labute approximate surface area is 89.1 Å². The number of anilines is 1. The molecule has 0 aromatic carbocycles. The molecule has 0 bridgehead atoms. The van der Waals surface area contributed by atoms with E-state index in [1.54, 1.807) is 26.1 Å². The van der Waals surface area contributed by atoms with Crippen LogP contribution in [-0.2, 0) is 0 Å². The first-order valence-electron chi connectivity index (χ1n) is 4.50. The maximum Gasteiger partial charge on any atom is 0.131 e. The molecular formula is C10H15ClN2O. The molecule has 0 fully saturated rings. The molecule has 0 aliphatic carbocycles. The van der Waals surface area contributed by atoms with Crippen LogP contribution in [0.15, 0.2) is 18.3 Å². The summed E-state index contributed by atoms with van der Waals surface area (Å²) in [4.78, 5) is 3.87. The molecule has 0 saturated carbocycles. The van der Waals surface area contributed by atoms with Crippen molar-refractivity contribution in [3.63, 3.8) is 0 Å². The van der Waals surface area contributed by atoms with Crippen molar-refractivity contribution in [1.82, 2.24) is 4.98 Å². The predicted molar refractivity (Wildman–Crippen MR) is 58.6 cm³/mol. The minimum atomic E-state index is -0.768. The number of aliphatic hydroxyl groups is 1. The van der Waals surface area contributed by atoms with E-state index < -0.39 is 5.60 Å².